The summed E-state index contributed by atoms with van der Waals surface area (Å²) in [5.41, 5.74) is 10.2. The number of nitrogens with zero attached hydrogens (tertiary/aromatic N) is 1. The van der Waals surface area contributed by atoms with Crippen LogP contribution in [0, 0.1) is 6.92 Å². The number of aryl methyl sites for hydroxylation is 2. The summed E-state index contributed by atoms with van der Waals surface area (Å²) in [6.07, 6.45) is 1.82. The van der Waals surface area contributed by atoms with Crippen LogP contribution in [0.25, 0.3) is 0 Å². The Hall–Kier alpha value is -1.88. The maximum atomic E-state index is 12.5. The van der Waals surface area contributed by atoms with Gasteiger partial charge in [-0.25, -0.2) is 0 Å². The Morgan fingerprint density at radius 3 is 2.46 bits per heavy atom. The van der Waals surface area contributed by atoms with Crippen molar-refractivity contribution in [2.24, 2.45) is 5.73 Å². The standard InChI is InChI=1S/C21H29N3O.ClH/c1-3-19-11-7-8-17(2)21(19)23-20(25)16-24(15-13-22)14-12-18-9-5-4-6-10-18;/h4-11H,3,12-16,22H2,1-2H3,(H,23,25);1H. The molecule has 0 heterocycles. The summed E-state index contributed by atoms with van der Waals surface area (Å²) in [6, 6.07) is 16.5. The summed E-state index contributed by atoms with van der Waals surface area (Å²) < 4.78 is 0. The van der Waals surface area contributed by atoms with Crippen molar-refractivity contribution in [2.45, 2.75) is 26.7 Å². The number of carbonyl (C=O) groups excluding carboxylic acids is 1. The average Bonchev–Trinajstić information content (AvgIpc) is 2.62. The zero-order valence-electron chi connectivity index (χ0n) is 15.7. The van der Waals surface area contributed by atoms with Crippen molar-refractivity contribution < 1.29 is 4.79 Å². The van der Waals surface area contributed by atoms with Gasteiger partial charge < -0.3 is 11.1 Å². The Morgan fingerprint density at radius 2 is 1.81 bits per heavy atom. The molecule has 1 amide bonds. The van der Waals surface area contributed by atoms with Crippen molar-refractivity contribution in [1.82, 2.24) is 4.90 Å². The van der Waals surface area contributed by atoms with Gasteiger partial charge in [-0.2, -0.15) is 0 Å². The van der Waals surface area contributed by atoms with Gasteiger partial charge in [0.2, 0.25) is 5.91 Å². The molecule has 0 aliphatic carbocycles. The van der Waals surface area contributed by atoms with Crippen molar-refractivity contribution >= 4 is 24.0 Å². The molecule has 0 atom stereocenters. The minimum absolute atomic E-state index is 0. The molecular formula is C21H30ClN3O. The lowest BCUT2D eigenvalue weighted by Gasteiger charge is -2.22. The van der Waals surface area contributed by atoms with E-state index in [0.717, 1.165) is 30.6 Å². The fourth-order valence-corrected chi connectivity index (χ4v) is 2.97. The van der Waals surface area contributed by atoms with Gasteiger partial charge in [-0.1, -0.05) is 55.5 Å². The first-order valence-corrected chi connectivity index (χ1v) is 8.98. The maximum Gasteiger partial charge on any atom is 0.238 e. The third kappa shape index (κ3) is 6.79. The number of nitrogens with two attached hydrogens (primary N) is 1. The van der Waals surface area contributed by atoms with Crippen LogP contribution in [0.2, 0.25) is 0 Å². The topological polar surface area (TPSA) is 58.4 Å². The van der Waals surface area contributed by atoms with Crippen molar-refractivity contribution in [2.75, 3.05) is 31.5 Å². The third-order valence-corrected chi connectivity index (χ3v) is 4.38. The van der Waals surface area contributed by atoms with Crippen molar-refractivity contribution in [1.29, 1.82) is 0 Å². The molecule has 4 nitrogen and oxygen atoms in total. The fraction of sp³-hybridized carbons (Fsp3) is 0.381. The first kappa shape index (κ1) is 22.2. The molecule has 2 aromatic carbocycles. The molecular weight excluding hydrogens is 346 g/mol. The van der Waals surface area contributed by atoms with Gasteiger partial charge in [0, 0.05) is 25.3 Å². The molecule has 2 rings (SSSR count). The van der Waals surface area contributed by atoms with E-state index in [1.165, 1.54) is 11.1 Å². The second-order valence-corrected chi connectivity index (χ2v) is 6.31. The van der Waals surface area contributed by atoms with Gasteiger partial charge in [-0.3, -0.25) is 9.69 Å². The van der Waals surface area contributed by atoms with E-state index in [-0.39, 0.29) is 18.3 Å². The van der Waals surface area contributed by atoms with E-state index in [9.17, 15) is 4.79 Å². The number of carbonyl (C=O) groups is 1. The first-order valence-electron chi connectivity index (χ1n) is 8.98. The van der Waals surface area contributed by atoms with E-state index >= 15 is 0 Å². The molecule has 0 unspecified atom stereocenters. The third-order valence-electron chi connectivity index (χ3n) is 4.38. The zero-order valence-corrected chi connectivity index (χ0v) is 16.5. The van der Waals surface area contributed by atoms with Gasteiger partial charge in [-0.15, -0.1) is 12.4 Å². The van der Waals surface area contributed by atoms with Gasteiger partial charge in [0.1, 0.15) is 0 Å². The molecule has 0 fully saturated rings. The van der Waals surface area contributed by atoms with Gasteiger partial charge in [-0.05, 0) is 36.5 Å². The van der Waals surface area contributed by atoms with Crippen LogP contribution in [0.15, 0.2) is 48.5 Å². The molecule has 0 saturated heterocycles. The molecule has 0 radical (unpaired) electrons. The molecule has 0 aliphatic heterocycles. The maximum absolute atomic E-state index is 12.5. The van der Waals surface area contributed by atoms with Gasteiger partial charge in [0.05, 0.1) is 6.54 Å². The van der Waals surface area contributed by atoms with Crippen molar-refractivity contribution in [3.05, 3.63) is 65.2 Å². The predicted molar refractivity (Wildman–Crippen MR) is 112 cm³/mol. The normalized spacial score (nSPS) is 10.5. The molecule has 142 valence electrons. The lowest BCUT2D eigenvalue weighted by Crippen LogP contribution is -2.38. The van der Waals surface area contributed by atoms with Crippen LogP contribution in [-0.4, -0.2) is 37.0 Å². The number of amides is 1. The Morgan fingerprint density at radius 1 is 1.08 bits per heavy atom. The SMILES string of the molecule is CCc1cccc(C)c1NC(=O)CN(CCN)CCc1ccccc1.Cl. The van der Waals surface area contributed by atoms with Crippen molar-refractivity contribution in [3.63, 3.8) is 0 Å². The smallest absolute Gasteiger partial charge is 0.238 e. The van der Waals surface area contributed by atoms with E-state index in [1.807, 2.05) is 37.3 Å². The molecule has 0 saturated carbocycles. The number of rotatable bonds is 9. The van der Waals surface area contributed by atoms with Crippen LogP contribution in [0.1, 0.15) is 23.6 Å². The van der Waals surface area contributed by atoms with Crippen LogP contribution in [0.4, 0.5) is 5.69 Å². The highest BCUT2D eigenvalue weighted by Crippen LogP contribution is 2.21. The number of para-hydroxylation sites is 1. The Balaban J connectivity index is 0.00000338. The van der Waals surface area contributed by atoms with Gasteiger partial charge >= 0.3 is 0 Å². The summed E-state index contributed by atoms with van der Waals surface area (Å²) in [4.78, 5) is 14.7. The monoisotopic (exact) mass is 375 g/mol. The van der Waals surface area contributed by atoms with Crippen LogP contribution < -0.4 is 11.1 Å². The number of halogens is 1. The van der Waals surface area contributed by atoms with Crippen LogP contribution in [-0.2, 0) is 17.6 Å². The lowest BCUT2D eigenvalue weighted by molar-refractivity contribution is -0.117. The summed E-state index contributed by atoms with van der Waals surface area (Å²) in [6.45, 7) is 6.58. The predicted octanol–water partition coefficient (Wildman–Crippen LogP) is 3.42. The van der Waals surface area contributed by atoms with Gasteiger partial charge in [0.15, 0.2) is 0 Å². The second-order valence-electron chi connectivity index (χ2n) is 6.31. The average molecular weight is 376 g/mol. The number of hydrogen-bond donors (Lipinski definition) is 2. The molecule has 0 bridgehead atoms. The highest BCUT2D eigenvalue weighted by molar-refractivity contribution is 5.93. The minimum Gasteiger partial charge on any atom is -0.329 e. The summed E-state index contributed by atoms with van der Waals surface area (Å²) in [5, 5.41) is 3.10. The van der Waals surface area contributed by atoms with Crippen LogP contribution >= 0.6 is 12.4 Å². The fourth-order valence-electron chi connectivity index (χ4n) is 2.97. The lowest BCUT2D eigenvalue weighted by atomic mass is 10.1. The van der Waals surface area contributed by atoms with Crippen molar-refractivity contribution in [3.8, 4) is 0 Å². The molecule has 5 heteroatoms. The number of anilines is 1. The highest BCUT2D eigenvalue weighted by Gasteiger charge is 2.13. The Kier molecular flexibility index (Phi) is 9.96. The summed E-state index contributed by atoms with van der Waals surface area (Å²) in [5.74, 6) is 0.0190. The van der Waals surface area contributed by atoms with E-state index < -0.39 is 0 Å². The second kappa shape index (κ2) is 11.7. The molecule has 2 aromatic rings. The first-order chi connectivity index (χ1) is 12.1. The number of nitrogens with one attached hydrogen (secondary N) is 1. The summed E-state index contributed by atoms with van der Waals surface area (Å²) in [7, 11) is 0. The zero-order chi connectivity index (χ0) is 18.1. The van der Waals surface area contributed by atoms with Crippen LogP contribution in [0.3, 0.4) is 0 Å². The van der Waals surface area contributed by atoms with E-state index in [4.69, 9.17) is 5.73 Å². The summed E-state index contributed by atoms with van der Waals surface area (Å²) >= 11 is 0. The van der Waals surface area contributed by atoms with E-state index in [2.05, 4.69) is 35.3 Å². The molecule has 0 spiro atoms. The van der Waals surface area contributed by atoms with Gasteiger partial charge in [0.25, 0.3) is 0 Å². The molecule has 26 heavy (non-hydrogen) atoms. The van der Waals surface area contributed by atoms with E-state index in [0.29, 0.717) is 19.6 Å². The van der Waals surface area contributed by atoms with Crippen LogP contribution in [0.5, 0.6) is 0 Å². The number of benzene rings is 2. The quantitative estimate of drug-likeness (QED) is 0.706. The molecule has 3 N–H and O–H groups in total. The number of hydrogen-bond acceptors (Lipinski definition) is 3. The minimum atomic E-state index is 0. The molecule has 0 aliphatic rings. The Labute approximate surface area is 163 Å². The Bertz CT molecular complexity index is 676. The largest absolute Gasteiger partial charge is 0.329 e. The van der Waals surface area contributed by atoms with E-state index in [1.54, 1.807) is 0 Å². The molecule has 0 aromatic heterocycles. The highest BCUT2D eigenvalue weighted by atomic mass is 35.5.